The van der Waals surface area contributed by atoms with Crippen LogP contribution >= 0.6 is 11.3 Å². The highest BCUT2D eigenvalue weighted by Gasteiger charge is 2.47. The van der Waals surface area contributed by atoms with E-state index in [1.54, 1.807) is 0 Å². The molecular weight excluding hydrogens is 697 g/mol. The summed E-state index contributed by atoms with van der Waals surface area (Å²) in [6.07, 6.45) is 0. The van der Waals surface area contributed by atoms with Gasteiger partial charge in [-0.15, -0.1) is 11.3 Å². The van der Waals surface area contributed by atoms with Crippen LogP contribution in [0.5, 0.6) is 0 Å². The van der Waals surface area contributed by atoms with Crippen LogP contribution in [-0.2, 0) is 5.41 Å². The molecule has 0 amide bonds. The zero-order valence-corrected chi connectivity index (χ0v) is 31.2. The van der Waals surface area contributed by atoms with Gasteiger partial charge < -0.3 is 0 Å². The number of fused-ring (bicyclic) bond motifs is 6. The second-order valence-electron chi connectivity index (χ2n) is 14.4. The van der Waals surface area contributed by atoms with Crippen LogP contribution in [0, 0.1) is 0 Å². The second-order valence-corrected chi connectivity index (χ2v) is 15.5. The maximum atomic E-state index is 5.28. The van der Waals surface area contributed by atoms with Crippen molar-refractivity contribution in [2.24, 2.45) is 0 Å². The molecular formula is C53H34N2S. The Morgan fingerprint density at radius 1 is 0.375 bits per heavy atom. The van der Waals surface area contributed by atoms with Crippen molar-refractivity contribution in [1.29, 1.82) is 0 Å². The van der Waals surface area contributed by atoms with E-state index in [0.29, 0.717) is 5.82 Å². The molecule has 0 spiro atoms. The lowest BCUT2D eigenvalue weighted by molar-refractivity contribution is 0.770. The molecule has 0 unspecified atom stereocenters. The van der Waals surface area contributed by atoms with Gasteiger partial charge in [0.25, 0.3) is 0 Å². The number of aromatic nitrogens is 2. The highest BCUT2D eigenvalue weighted by atomic mass is 32.1. The van der Waals surface area contributed by atoms with Gasteiger partial charge in [0.15, 0.2) is 5.82 Å². The van der Waals surface area contributed by atoms with Crippen LogP contribution in [0.2, 0.25) is 0 Å². The molecule has 2 nitrogen and oxygen atoms in total. The molecule has 262 valence electrons. The van der Waals surface area contributed by atoms with E-state index in [-0.39, 0.29) is 0 Å². The molecule has 2 aromatic heterocycles. The first-order valence-corrected chi connectivity index (χ1v) is 19.9. The van der Waals surface area contributed by atoms with Crippen LogP contribution in [0.15, 0.2) is 206 Å². The van der Waals surface area contributed by atoms with Crippen LogP contribution in [-0.4, -0.2) is 9.97 Å². The Hall–Kier alpha value is -6.94. The van der Waals surface area contributed by atoms with Crippen molar-refractivity contribution < 1.29 is 0 Å². The zero-order chi connectivity index (χ0) is 37.1. The van der Waals surface area contributed by atoms with Gasteiger partial charge in [0, 0.05) is 36.9 Å². The Kier molecular flexibility index (Phi) is 7.61. The molecule has 56 heavy (non-hydrogen) atoms. The van der Waals surface area contributed by atoms with Crippen molar-refractivity contribution in [3.05, 3.63) is 229 Å². The second kappa shape index (κ2) is 13.1. The van der Waals surface area contributed by atoms with Gasteiger partial charge >= 0.3 is 0 Å². The summed E-state index contributed by atoms with van der Waals surface area (Å²) < 4.78 is 2.52. The van der Waals surface area contributed by atoms with Gasteiger partial charge in [0.05, 0.1) is 16.8 Å². The van der Waals surface area contributed by atoms with Crippen molar-refractivity contribution in [2.75, 3.05) is 0 Å². The van der Waals surface area contributed by atoms with Gasteiger partial charge in [-0.25, -0.2) is 9.97 Å². The standard InChI is InChI=1S/C53H34N2S/c1-4-17-35(18-5-1)52-54-47(34-48(55-52)45-30-16-29-44-42-26-11-13-32-49(42)56-51(44)45)37-20-14-19-36(33-37)40-27-15-28-43-41-25-10-12-31-46(41)53(50(40)43,38-21-6-2-7-22-38)39-23-8-3-9-24-39/h1-34H. The summed E-state index contributed by atoms with van der Waals surface area (Å²) in [4.78, 5) is 10.5. The van der Waals surface area contributed by atoms with E-state index in [1.165, 1.54) is 59.1 Å². The fourth-order valence-electron chi connectivity index (χ4n) is 8.99. The maximum absolute atomic E-state index is 5.28. The molecule has 2 heterocycles. The Morgan fingerprint density at radius 2 is 0.929 bits per heavy atom. The molecule has 11 rings (SSSR count). The summed E-state index contributed by atoms with van der Waals surface area (Å²) in [5.74, 6) is 0.713. The fourth-order valence-corrected chi connectivity index (χ4v) is 10.2. The van der Waals surface area contributed by atoms with E-state index >= 15 is 0 Å². The van der Waals surface area contributed by atoms with Crippen LogP contribution in [0.3, 0.4) is 0 Å². The molecule has 0 saturated heterocycles. The van der Waals surface area contributed by atoms with Gasteiger partial charge in [-0.1, -0.05) is 188 Å². The minimum absolute atomic E-state index is 0.507. The number of rotatable bonds is 6. The minimum Gasteiger partial charge on any atom is -0.228 e. The molecule has 3 heteroatoms. The van der Waals surface area contributed by atoms with Gasteiger partial charge in [-0.3, -0.25) is 0 Å². The predicted molar refractivity (Wildman–Crippen MR) is 234 cm³/mol. The lowest BCUT2D eigenvalue weighted by atomic mass is 9.66. The molecule has 1 aliphatic carbocycles. The van der Waals surface area contributed by atoms with Crippen molar-refractivity contribution in [1.82, 2.24) is 9.97 Å². The quantitative estimate of drug-likeness (QED) is 0.170. The molecule has 0 bridgehead atoms. The van der Waals surface area contributed by atoms with Crippen molar-refractivity contribution in [2.45, 2.75) is 5.41 Å². The van der Waals surface area contributed by atoms with Gasteiger partial charge in [0.1, 0.15) is 0 Å². The number of nitrogens with zero attached hydrogens (tertiary/aromatic N) is 2. The molecule has 0 saturated carbocycles. The molecule has 0 fully saturated rings. The lowest BCUT2D eigenvalue weighted by Gasteiger charge is -2.35. The van der Waals surface area contributed by atoms with E-state index in [9.17, 15) is 0 Å². The molecule has 0 aliphatic heterocycles. The van der Waals surface area contributed by atoms with Crippen molar-refractivity contribution in [3.63, 3.8) is 0 Å². The zero-order valence-electron chi connectivity index (χ0n) is 30.4. The first kappa shape index (κ1) is 32.5. The summed E-state index contributed by atoms with van der Waals surface area (Å²) in [7, 11) is 0. The Morgan fingerprint density at radius 3 is 1.73 bits per heavy atom. The molecule has 0 atom stereocenters. The predicted octanol–water partition coefficient (Wildman–Crippen LogP) is 13.9. The topological polar surface area (TPSA) is 25.8 Å². The van der Waals surface area contributed by atoms with Crippen molar-refractivity contribution in [3.8, 4) is 56.2 Å². The molecule has 0 N–H and O–H groups in total. The van der Waals surface area contributed by atoms with Crippen LogP contribution < -0.4 is 0 Å². The van der Waals surface area contributed by atoms with E-state index in [1.807, 2.05) is 17.4 Å². The Bertz CT molecular complexity index is 3040. The first-order chi connectivity index (χ1) is 27.8. The summed E-state index contributed by atoms with van der Waals surface area (Å²) >= 11 is 1.83. The number of benzene rings is 8. The normalized spacial score (nSPS) is 12.8. The van der Waals surface area contributed by atoms with Gasteiger partial charge in [-0.05, 0) is 62.7 Å². The highest BCUT2D eigenvalue weighted by Crippen LogP contribution is 2.58. The number of hydrogen-bond donors (Lipinski definition) is 0. The largest absolute Gasteiger partial charge is 0.228 e. The number of thiophene rings is 1. The smallest absolute Gasteiger partial charge is 0.160 e. The monoisotopic (exact) mass is 730 g/mol. The van der Waals surface area contributed by atoms with Crippen LogP contribution in [0.25, 0.3) is 76.3 Å². The molecule has 8 aromatic carbocycles. The Labute approximate surface area is 330 Å². The van der Waals surface area contributed by atoms with Crippen LogP contribution in [0.1, 0.15) is 22.3 Å². The first-order valence-electron chi connectivity index (χ1n) is 19.1. The van der Waals surface area contributed by atoms with E-state index in [0.717, 1.165) is 33.6 Å². The third-order valence-corrected chi connectivity index (χ3v) is 12.6. The number of hydrogen-bond acceptors (Lipinski definition) is 3. The summed E-state index contributed by atoms with van der Waals surface area (Å²) in [6.45, 7) is 0. The Balaban J connectivity index is 1.14. The third-order valence-electron chi connectivity index (χ3n) is 11.4. The third kappa shape index (κ3) is 5.02. The van der Waals surface area contributed by atoms with Gasteiger partial charge in [0.2, 0.25) is 0 Å². The lowest BCUT2D eigenvalue weighted by Crippen LogP contribution is -2.29. The minimum atomic E-state index is -0.507. The van der Waals surface area contributed by atoms with E-state index in [2.05, 4.69) is 200 Å². The average Bonchev–Trinajstić information content (AvgIpc) is 3.82. The maximum Gasteiger partial charge on any atom is 0.160 e. The van der Waals surface area contributed by atoms with E-state index < -0.39 is 5.41 Å². The van der Waals surface area contributed by atoms with Crippen LogP contribution in [0.4, 0.5) is 0 Å². The van der Waals surface area contributed by atoms with Gasteiger partial charge in [-0.2, -0.15) is 0 Å². The molecule has 10 aromatic rings. The van der Waals surface area contributed by atoms with Crippen molar-refractivity contribution >= 4 is 31.5 Å². The molecule has 1 aliphatic rings. The summed E-state index contributed by atoms with van der Waals surface area (Å²) in [5.41, 5.74) is 14.5. The van der Waals surface area contributed by atoms with E-state index in [4.69, 9.17) is 9.97 Å². The average molecular weight is 731 g/mol. The SMILES string of the molecule is c1ccc(-c2nc(-c3cccc(-c4cccc5c4C(c4ccccc4)(c4ccccc4)c4ccccc4-5)c3)cc(-c3cccc4c3sc3ccccc34)n2)cc1. The summed E-state index contributed by atoms with van der Waals surface area (Å²) in [6, 6.07) is 74.5. The highest BCUT2D eigenvalue weighted by molar-refractivity contribution is 7.26. The fraction of sp³-hybridized carbons (Fsp3) is 0.0189. The summed E-state index contributed by atoms with van der Waals surface area (Å²) in [5, 5.41) is 2.53. The molecule has 0 radical (unpaired) electrons.